The first-order valence-electron chi connectivity index (χ1n) is 8.09. The van der Waals surface area contributed by atoms with Crippen LogP contribution in [0.2, 0.25) is 0 Å². The Morgan fingerprint density at radius 1 is 1.38 bits per heavy atom. The summed E-state index contributed by atoms with van der Waals surface area (Å²) in [4.78, 5) is 18.7. The molecule has 0 unspecified atom stereocenters. The van der Waals surface area contributed by atoms with Gasteiger partial charge < -0.3 is 19.3 Å². The maximum atomic E-state index is 12.8. The number of aromatic nitrogens is 2. The predicted octanol–water partition coefficient (Wildman–Crippen LogP) is 1.94. The number of hydrogen-bond acceptors (Lipinski definition) is 4. The van der Waals surface area contributed by atoms with Crippen LogP contribution in [-0.2, 0) is 12.6 Å². The van der Waals surface area contributed by atoms with Crippen molar-refractivity contribution in [3.63, 3.8) is 0 Å². The van der Waals surface area contributed by atoms with Crippen molar-refractivity contribution in [2.45, 2.75) is 31.4 Å². The zero-order valence-electron chi connectivity index (χ0n) is 14.3. The highest BCUT2D eigenvalue weighted by atomic mass is 16.5. The molecular formula is C18H23N3O3. The zero-order valence-corrected chi connectivity index (χ0v) is 14.3. The number of imidazole rings is 1. The number of ether oxygens (including phenoxy) is 1. The van der Waals surface area contributed by atoms with Crippen molar-refractivity contribution >= 4 is 5.91 Å². The lowest BCUT2D eigenvalue weighted by atomic mass is 9.86. The lowest BCUT2D eigenvalue weighted by Gasteiger charge is -2.36. The van der Waals surface area contributed by atoms with Gasteiger partial charge in [0.25, 0.3) is 5.91 Å². The molecule has 1 N–H and O–H groups in total. The highest BCUT2D eigenvalue weighted by Crippen LogP contribution is 2.35. The molecule has 0 radical (unpaired) electrons. The van der Waals surface area contributed by atoms with Gasteiger partial charge in [0.1, 0.15) is 17.0 Å². The van der Waals surface area contributed by atoms with Gasteiger partial charge in [-0.15, -0.1) is 0 Å². The zero-order chi connectivity index (χ0) is 17.3. The number of carbonyl (C=O) groups excluding carboxylic acids is 1. The molecule has 0 aliphatic carbocycles. The number of nitrogens with zero attached hydrogens (tertiary/aromatic N) is 3. The van der Waals surface area contributed by atoms with Crippen LogP contribution in [-0.4, -0.2) is 45.2 Å². The third-order valence-electron chi connectivity index (χ3n) is 4.76. The van der Waals surface area contributed by atoms with E-state index in [1.807, 2.05) is 31.3 Å². The summed E-state index contributed by atoms with van der Waals surface area (Å²) in [5.74, 6) is 0.606. The Hall–Kier alpha value is -2.34. The fourth-order valence-corrected chi connectivity index (χ4v) is 3.39. The third-order valence-corrected chi connectivity index (χ3v) is 4.76. The Morgan fingerprint density at radius 2 is 2.08 bits per heavy atom. The number of hydrogen-bond donors (Lipinski definition) is 1. The van der Waals surface area contributed by atoms with Crippen molar-refractivity contribution in [1.82, 2.24) is 14.5 Å². The average molecular weight is 329 g/mol. The predicted molar refractivity (Wildman–Crippen MR) is 89.8 cm³/mol. The van der Waals surface area contributed by atoms with Gasteiger partial charge in [0.2, 0.25) is 0 Å². The fraction of sp³-hybridized carbons (Fsp3) is 0.444. The van der Waals surface area contributed by atoms with Crippen LogP contribution in [0.1, 0.15) is 35.8 Å². The van der Waals surface area contributed by atoms with Crippen molar-refractivity contribution in [3.8, 4) is 5.75 Å². The summed E-state index contributed by atoms with van der Waals surface area (Å²) >= 11 is 0. The van der Waals surface area contributed by atoms with E-state index in [1.165, 1.54) is 0 Å². The standard InChI is InChI=1S/C18H23N3O3/c1-18(23,13-6-8-14(24-3)9-7-13)16-5-4-10-21(16)17(22)15-11-20(2)12-19-15/h6-9,11-12,16,23H,4-5,10H2,1-3H3/t16-,18+/m0/s1. The second-order valence-electron chi connectivity index (χ2n) is 6.46. The van der Waals surface area contributed by atoms with Crippen LogP contribution < -0.4 is 4.74 Å². The summed E-state index contributed by atoms with van der Waals surface area (Å²) < 4.78 is 6.92. The minimum atomic E-state index is -1.13. The molecule has 2 atom stereocenters. The summed E-state index contributed by atoms with van der Waals surface area (Å²) in [5, 5.41) is 11.2. The van der Waals surface area contributed by atoms with Gasteiger partial charge in [-0.1, -0.05) is 12.1 Å². The van der Waals surface area contributed by atoms with Crippen molar-refractivity contribution in [1.29, 1.82) is 0 Å². The van der Waals surface area contributed by atoms with E-state index in [0.29, 0.717) is 12.2 Å². The van der Waals surface area contributed by atoms with Crippen molar-refractivity contribution in [2.75, 3.05) is 13.7 Å². The molecule has 2 aromatic rings. The molecular weight excluding hydrogens is 306 g/mol. The first kappa shape index (κ1) is 16.5. The van der Waals surface area contributed by atoms with Gasteiger partial charge in [-0.3, -0.25) is 4.79 Å². The van der Waals surface area contributed by atoms with E-state index in [0.717, 1.165) is 24.2 Å². The second kappa shape index (κ2) is 6.28. The molecule has 1 fully saturated rings. The van der Waals surface area contributed by atoms with Gasteiger partial charge >= 0.3 is 0 Å². The number of aryl methyl sites for hydroxylation is 1. The Labute approximate surface area is 141 Å². The topological polar surface area (TPSA) is 67.6 Å². The highest BCUT2D eigenvalue weighted by Gasteiger charge is 2.43. The van der Waals surface area contributed by atoms with Crippen LogP contribution in [0.15, 0.2) is 36.8 Å². The molecule has 1 aromatic heterocycles. The molecule has 128 valence electrons. The van der Waals surface area contributed by atoms with Crippen molar-refractivity contribution in [3.05, 3.63) is 48.0 Å². The maximum absolute atomic E-state index is 12.8. The Morgan fingerprint density at radius 3 is 2.67 bits per heavy atom. The van der Waals surface area contributed by atoms with Gasteiger partial charge in [-0.05, 0) is 37.5 Å². The first-order valence-corrected chi connectivity index (χ1v) is 8.09. The number of amides is 1. The summed E-state index contributed by atoms with van der Waals surface area (Å²) in [7, 11) is 3.44. The quantitative estimate of drug-likeness (QED) is 0.931. The van der Waals surface area contributed by atoms with Crippen LogP contribution in [0.3, 0.4) is 0 Å². The monoisotopic (exact) mass is 329 g/mol. The number of benzene rings is 1. The van der Waals surface area contributed by atoms with Crippen LogP contribution in [0.25, 0.3) is 0 Å². The van der Waals surface area contributed by atoms with E-state index in [1.54, 1.807) is 36.0 Å². The molecule has 6 nitrogen and oxygen atoms in total. The number of aliphatic hydroxyl groups is 1. The number of likely N-dealkylation sites (tertiary alicyclic amines) is 1. The average Bonchev–Trinajstić information content (AvgIpc) is 3.23. The molecule has 1 saturated heterocycles. The Bertz CT molecular complexity index is 721. The van der Waals surface area contributed by atoms with Crippen LogP contribution >= 0.6 is 0 Å². The normalized spacial score (nSPS) is 20.0. The van der Waals surface area contributed by atoms with Crippen LogP contribution in [0.4, 0.5) is 0 Å². The summed E-state index contributed by atoms with van der Waals surface area (Å²) in [6, 6.07) is 7.06. The highest BCUT2D eigenvalue weighted by molar-refractivity contribution is 5.92. The van der Waals surface area contributed by atoms with Gasteiger partial charge in [-0.2, -0.15) is 0 Å². The Kier molecular flexibility index (Phi) is 4.32. The fourth-order valence-electron chi connectivity index (χ4n) is 3.39. The molecule has 0 spiro atoms. The summed E-state index contributed by atoms with van der Waals surface area (Å²) in [5.41, 5.74) is 0.0525. The van der Waals surface area contributed by atoms with E-state index in [4.69, 9.17) is 4.74 Å². The molecule has 1 amide bonds. The van der Waals surface area contributed by atoms with E-state index in [-0.39, 0.29) is 11.9 Å². The number of methoxy groups -OCH3 is 1. The summed E-state index contributed by atoms with van der Waals surface area (Å²) in [6.07, 6.45) is 4.95. The first-order chi connectivity index (χ1) is 11.4. The SMILES string of the molecule is COc1ccc([C@@](C)(O)[C@@H]2CCCN2C(=O)c2cn(C)cn2)cc1. The molecule has 6 heteroatoms. The lowest BCUT2D eigenvalue weighted by molar-refractivity contribution is -0.0179. The summed E-state index contributed by atoms with van der Waals surface area (Å²) in [6.45, 7) is 2.40. The molecule has 0 bridgehead atoms. The van der Waals surface area contributed by atoms with Crippen LogP contribution in [0.5, 0.6) is 5.75 Å². The smallest absolute Gasteiger partial charge is 0.274 e. The van der Waals surface area contributed by atoms with Gasteiger partial charge in [0.05, 0.1) is 19.5 Å². The largest absolute Gasteiger partial charge is 0.497 e. The number of carbonyl (C=O) groups is 1. The van der Waals surface area contributed by atoms with Crippen LogP contribution in [0, 0.1) is 0 Å². The molecule has 3 rings (SSSR count). The van der Waals surface area contributed by atoms with Crippen molar-refractivity contribution in [2.24, 2.45) is 7.05 Å². The molecule has 24 heavy (non-hydrogen) atoms. The van der Waals surface area contributed by atoms with Gasteiger partial charge in [-0.25, -0.2) is 4.98 Å². The molecule has 1 aromatic carbocycles. The minimum absolute atomic E-state index is 0.133. The third kappa shape index (κ3) is 2.89. The molecule has 0 saturated carbocycles. The van der Waals surface area contributed by atoms with E-state index >= 15 is 0 Å². The van der Waals surface area contributed by atoms with Gasteiger partial charge in [0.15, 0.2) is 0 Å². The lowest BCUT2D eigenvalue weighted by Crippen LogP contribution is -2.48. The maximum Gasteiger partial charge on any atom is 0.274 e. The molecule has 1 aliphatic rings. The van der Waals surface area contributed by atoms with E-state index < -0.39 is 5.60 Å². The Balaban J connectivity index is 1.86. The molecule has 1 aliphatic heterocycles. The van der Waals surface area contributed by atoms with E-state index in [9.17, 15) is 9.90 Å². The minimum Gasteiger partial charge on any atom is -0.497 e. The van der Waals surface area contributed by atoms with Gasteiger partial charge in [0, 0.05) is 19.8 Å². The molecule has 2 heterocycles. The number of rotatable bonds is 4. The van der Waals surface area contributed by atoms with Crippen molar-refractivity contribution < 1.29 is 14.6 Å². The van der Waals surface area contributed by atoms with E-state index in [2.05, 4.69) is 4.98 Å². The second-order valence-corrected chi connectivity index (χ2v) is 6.46.